The molecule has 3 heteroatoms. The van der Waals surface area contributed by atoms with Crippen molar-refractivity contribution in [1.82, 2.24) is 4.90 Å². The van der Waals surface area contributed by atoms with Crippen LogP contribution in [0.15, 0.2) is 12.1 Å². The Balaban J connectivity index is 2.45. The second kappa shape index (κ2) is 6.00. The van der Waals surface area contributed by atoms with Crippen LogP contribution in [0.2, 0.25) is 0 Å². The molecule has 0 bridgehead atoms. The van der Waals surface area contributed by atoms with Gasteiger partial charge in [0.2, 0.25) is 0 Å². The van der Waals surface area contributed by atoms with Gasteiger partial charge in [-0.3, -0.25) is 4.79 Å². The van der Waals surface area contributed by atoms with Crippen LogP contribution in [0, 0.1) is 6.92 Å². The van der Waals surface area contributed by atoms with E-state index in [2.05, 4.69) is 13.0 Å². The predicted octanol–water partition coefficient (Wildman–Crippen LogP) is 2.53. The largest absolute Gasteiger partial charge is 0.339 e. The van der Waals surface area contributed by atoms with E-state index >= 15 is 0 Å². The minimum absolute atomic E-state index is 0.103. The summed E-state index contributed by atoms with van der Waals surface area (Å²) in [6.45, 7) is 5.75. The molecule has 0 spiro atoms. The first kappa shape index (κ1) is 13.8. The van der Waals surface area contributed by atoms with Crippen LogP contribution in [-0.4, -0.2) is 30.2 Å². The molecule has 1 aromatic rings. The molecular formula is C16H21NO2. The number of nitrogens with zero attached hydrogens (tertiary/aromatic N) is 1. The number of hydrogen-bond acceptors (Lipinski definition) is 2. The second-order valence-corrected chi connectivity index (χ2v) is 5.18. The number of aryl methyl sites for hydroxylation is 2. The minimum Gasteiger partial charge on any atom is -0.339 e. The molecule has 2 rings (SSSR count). The second-order valence-electron chi connectivity index (χ2n) is 5.18. The van der Waals surface area contributed by atoms with Crippen molar-refractivity contribution in [3.8, 4) is 0 Å². The molecule has 0 saturated carbocycles. The molecule has 0 unspecified atom stereocenters. The van der Waals surface area contributed by atoms with Gasteiger partial charge in [0.15, 0.2) is 0 Å². The Morgan fingerprint density at radius 1 is 1.26 bits per heavy atom. The Bertz CT molecular complexity index is 488. The third-order valence-corrected chi connectivity index (χ3v) is 3.74. The zero-order valence-corrected chi connectivity index (χ0v) is 11.7. The highest BCUT2D eigenvalue weighted by molar-refractivity contribution is 5.98. The molecule has 0 radical (unpaired) electrons. The average molecular weight is 259 g/mol. The normalized spacial score (nSPS) is 14.7. The van der Waals surface area contributed by atoms with E-state index in [-0.39, 0.29) is 5.91 Å². The van der Waals surface area contributed by atoms with Crippen molar-refractivity contribution >= 4 is 12.2 Å². The van der Waals surface area contributed by atoms with Gasteiger partial charge in [0.25, 0.3) is 5.91 Å². The maximum Gasteiger partial charge on any atom is 0.254 e. The van der Waals surface area contributed by atoms with E-state index in [1.54, 1.807) is 0 Å². The van der Waals surface area contributed by atoms with Crippen LogP contribution in [0.4, 0.5) is 0 Å². The van der Waals surface area contributed by atoms with Crippen molar-refractivity contribution in [2.75, 3.05) is 13.1 Å². The fraction of sp³-hybridized carbons (Fsp3) is 0.500. The number of carbonyl (C=O) groups excluding carboxylic acids is 2. The monoisotopic (exact) mass is 259 g/mol. The van der Waals surface area contributed by atoms with E-state index in [1.807, 2.05) is 17.9 Å². The van der Waals surface area contributed by atoms with Gasteiger partial charge in [-0.25, -0.2) is 0 Å². The van der Waals surface area contributed by atoms with E-state index in [1.165, 1.54) is 0 Å². The molecule has 102 valence electrons. The van der Waals surface area contributed by atoms with Gasteiger partial charge in [-0.2, -0.15) is 0 Å². The first-order valence-electron chi connectivity index (χ1n) is 7.02. The van der Waals surface area contributed by atoms with Crippen molar-refractivity contribution in [1.29, 1.82) is 0 Å². The van der Waals surface area contributed by atoms with Crippen molar-refractivity contribution in [3.63, 3.8) is 0 Å². The van der Waals surface area contributed by atoms with Gasteiger partial charge in [0.1, 0.15) is 6.29 Å². The summed E-state index contributed by atoms with van der Waals surface area (Å²) in [6, 6.07) is 4.04. The Hall–Kier alpha value is -1.64. The predicted molar refractivity (Wildman–Crippen MR) is 75.5 cm³/mol. The topological polar surface area (TPSA) is 37.4 Å². The lowest BCUT2D eigenvalue weighted by Gasteiger charge is -2.20. The summed E-state index contributed by atoms with van der Waals surface area (Å²) in [5.74, 6) is 0.103. The molecule has 0 N–H and O–H groups in total. The number of benzene rings is 1. The number of aldehydes is 1. The maximum absolute atomic E-state index is 12.6. The van der Waals surface area contributed by atoms with Gasteiger partial charge in [0.05, 0.1) is 0 Å². The minimum atomic E-state index is 0.103. The van der Waals surface area contributed by atoms with Crippen LogP contribution >= 0.6 is 0 Å². The maximum atomic E-state index is 12.6. The number of rotatable bonds is 4. The summed E-state index contributed by atoms with van der Waals surface area (Å²) in [5, 5.41) is 0. The van der Waals surface area contributed by atoms with Gasteiger partial charge in [-0.15, -0.1) is 0 Å². The van der Waals surface area contributed by atoms with Crippen LogP contribution in [-0.2, 0) is 17.6 Å². The Morgan fingerprint density at radius 3 is 2.47 bits per heavy atom. The lowest BCUT2D eigenvalue weighted by atomic mass is 9.94. The van der Waals surface area contributed by atoms with Crippen LogP contribution in [0.1, 0.15) is 46.8 Å². The molecule has 1 saturated heterocycles. The van der Waals surface area contributed by atoms with Gasteiger partial charge in [0, 0.05) is 25.1 Å². The Morgan fingerprint density at radius 2 is 1.89 bits per heavy atom. The molecule has 1 aromatic carbocycles. The van der Waals surface area contributed by atoms with Crippen LogP contribution < -0.4 is 0 Å². The van der Waals surface area contributed by atoms with Gasteiger partial charge in [-0.05, 0) is 37.3 Å². The van der Waals surface area contributed by atoms with Gasteiger partial charge >= 0.3 is 0 Å². The number of hydrogen-bond donors (Lipinski definition) is 0. The van der Waals surface area contributed by atoms with E-state index in [4.69, 9.17) is 0 Å². The summed E-state index contributed by atoms with van der Waals surface area (Å²) in [7, 11) is 0. The van der Waals surface area contributed by atoms with Gasteiger partial charge < -0.3 is 9.69 Å². The van der Waals surface area contributed by atoms with Gasteiger partial charge in [-0.1, -0.05) is 24.6 Å². The molecule has 1 aliphatic rings. The Labute approximate surface area is 114 Å². The van der Waals surface area contributed by atoms with E-state index in [9.17, 15) is 9.59 Å². The van der Waals surface area contributed by atoms with E-state index in [0.29, 0.717) is 6.42 Å². The van der Waals surface area contributed by atoms with Crippen molar-refractivity contribution in [2.45, 2.75) is 39.5 Å². The fourth-order valence-electron chi connectivity index (χ4n) is 2.82. The summed E-state index contributed by atoms with van der Waals surface area (Å²) >= 11 is 0. The quantitative estimate of drug-likeness (QED) is 0.779. The third kappa shape index (κ3) is 2.86. The molecule has 1 aliphatic heterocycles. The highest BCUT2D eigenvalue weighted by Gasteiger charge is 2.24. The number of carbonyl (C=O) groups is 2. The van der Waals surface area contributed by atoms with Crippen molar-refractivity contribution in [3.05, 3.63) is 34.4 Å². The summed E-state index contributed by atoms with van der Waals surface area (Å²) in [6.07, 6.45) is 4.20. The van der Waals surface area contributed by atoms with Crippen molar-refractivity contribution in [2.24, 2.45) is 0 Å². The molecule has 0 aromatic heterocycles. The fourth-order valence-corrected chi connectivity index (χ4v) is 2.82. The Kier molecular flexibility index (Phi) is 4.35. The highest BCUT2D eigenvalue weighted by atomic mass is 16.2. The molecule has 1 amide bonds. The van der Waals surface area contributed by atoms with Crippen LogP contribution in [0.5, 0.6) is 0 Å². The van der Waals surface area contributed by atoms with E-state index in [0.717, 1.165) is 60.9 Å². The molecule has 1 heterocycles. The summed E-state index contributed by atoms with van der Waals surface area (Å²) in [5.41, 5.74) is 3.83. The lowest BCUT2D eigenvalue weighted by Crippen LogP contribution is -2.29. The van der Waals surface area contributed by atoms with Crippen molar-refractivity contribution < 1.29 is 9.59 Å². The number of amides is 1. The van der Waals surface area contributed by atoms with Crippen LogP contribution in [0.3, 0.4) is 0 Å². The third-order valence-electron chi connectivity index (χ3n) is 3.74. The number of likely N-dealkylation sites (tertiary alicyclic amines) is 1. The molecule has 1 fully saturated rings. The summed E-state index contributed by atoms with van der Waals surface area (Å²) in [4.78, 5) is 25.4. The van der Waals surface area contributed by atoms with E-state index < -0.39 is 0 Å². The average Bonchev–Trinajstić information content (AvgIpc) is 2.91. The first-order chi connectivity index (χ1) is 9.17. The molecule has 19 heavy (non-hydrogen) atoms. The lowest BCUT2D eigenvalue weighted by molar-refractivity contribution is -0.107. The summed E-state index contributed by atoms with van der Waals surface area (Å²) < 4.78 is 0. The zero-order chi connectivity index (χ0) is 13.8. The highest BCUT2D eigenvalue weighted by Crippen LogP contribution is 2.22. The SMILES string of the molecule is CCc1cc(C)cc(CC=O)c1C(=O)N1CCCC1. The zero-order valence-electron chi connectivity index (χ0n) is 11.7. The molecule has 0 atom stereocenters. The molecule has 0 aliphatic carbocycles. The smallest absolute Gasteiger partial charge is 0.254 e. The molecule has 3 nitrogen and oxygen atoms in total. The van der Waals surface area contributed by atoms with Crippen LogP contribution in [0.25, 0.3) is 0 Å². The molecular weight excluding hydrogens is 238 g/mol. The standard InChI is InChI=1S/C16H21NO2/c1-3-13-10-12(2)11-14(6-9-18)15(13)16(19)17-7-4-5-8-17/h9-11H,3-8H2,1-2H3. The first-order valence-corrected chi connectivity index (χ1v) is 7.02.